The van der Waals surface area contributed by atoms with Gasteiger partial charge >= 0.3 is 12.4 Å². The normalized spacial score (nSPS) is 20.7. The number of halogens is 9. The van der Waals surface area contributed by atoms with Crippen LogP contribution >= 0.6 is 0 Å². The van der Waals surface area contributed by atoms with E-state index in [2.05, 4.69) is 0 Å². The van der Waals surface area contributed by atoms with Crippen molar-refractivity contribution in [1.82, 2.24) is 0 Å². The number of rotatable bonds is 7. The summed E-state index contributed by atoms with van der Waals surface area (Å²) >= 11 is 0. The predicted molar refractivity (Wildman–Crippen MR) is 59.1 cm³/mol. The number of alkyl halides is 9. The lowest BCUT2D eigenvalue weighted by molar-refractivity contribution is -0.306. The van der Waals surface area contributed by atoms with Gasteiger partial charge in [0.2, 0.25) is 11.3 Å². The molecule has 0 aliphatic rings. The van der Waals surface area contributed by atoms with Crippen LogP contribution in [-0.4, -0.2) is 29.9 Å². The zero-order chi connectivity index (χ0) is 17.1. The van der Waals surface area contributed by atoms with Crippen LogP contribution in [-0.2, 0) is 0 Å². The molecule has 0 bridgehead atoms. The molecule has 0 saturated carbocycles. The van der Waals surface area contributed by atoms with Crippen molar-refractivity contribution in [3.8, 4) is 0 Å². The summed E-state index contributed by atoms with van der Waals surface area (Å²) < 4.78 is 116. The fourth-order valence-electron chi connectivity index (χ4n) is 1.79. The molecular weight excluding hydrogens is 315 g/mol. The summed E-state index contributed by atoms with van der Waals surface area (Å²) in [5.74, 6) is 0. The molecule has 0 fully saturated rings. The van der Waals surface area contributed by atoms with E-state index in [1.165, 1.54) is 0 Å². The summed E-state index contributed by atoms with van der Waals surface area (Å²) in [6.45, 7) is 1.27. The van der Waals surface area contributed by atoms with Crippen molar-refractivity contribution in [1.29, 1.82) is 0 Å². The van der Waals surface area contributed by atoms with Crippen molar-refractivity contribution in [2.45, 2.75) is 75.8 Å². The van der Waals surface area contributed by atoms with Crippen LogP contribution in [0.3, 0.4) is 0 Å². The fraction of sp³-hybridized carbons (Fsp3) is 1.00. The van der Waals surface area contributed by atoms with E-state index in [1.54, 1.807) is 6.92 Å². The molecule has 0 nitrogen and oxygen atoms in total. The van der Waals surface area contributed by atoms with Crippen molar-refractivity contribution in [3.05, 3.63) is 0 Å². The van der Waals surface area contributed by atoms with E-state index in [1.807, 2.05) is 0 Å². The lowest BCUT2D eigenvalue weighted by Crippen LogP contribution is -2.61. The Morgan fingerprint density at radius 1 is 0.762 bits per heavy atom. The highest BCUT2D eigenvalue weighted by Gasteiger charge is 2.72. The first kappa shape index (κ1) is 20.4. The summed E-state index contributed by atoms with van der Waals surface area (Å²) in [4.78, 5) is 0. The van der Waals surface area contributed by atoms with Gasteiger partial charge < -0.3 is 0 Å². The van der Waals surface area contributed by atoms with Crippen LogP contribution in [0, 0.1) is 0 Å². The highest BCUT2D eigenvalue weighted by atomic mass is 19.4. The molecule has 0 aliphatic heterocycles. The van der Waals surface area contributed by atoms with Gasteiger partial charge in [-0.15, -0.1) is 0 Å². The Morgan fingerprint density at radius 2 is 1.24 bits per heavy atom. The van der Waals surface area contributed by atoms with E-state index in [-0.39, 0.29) is 6.42 Å². The van der Waals surface area contributed by atoms with Gasteiger partial charge in [-0.3, -0.25) is 0 Å². The van der Waals surface area contributed by atoms with E-state index in [0.29, 0.717) is 12.8 Å². The summed E-state index contributed by atoms with van der Waals surface area (Å²) in [5.41, 5.74) is -9.80. The molecule has 0 aromatic carbocycles. The van der Waals surface area contributed by atoms with Gasteiger partial charge in [0.15, 0.2) is 6.17 Å². The SMILES string of the molecule is CCCCCCC(F)(C(F)C(C)(F)C(F)(F)F)C(F)(F)F. The quantitative estimate of drug-likeness (QED) is 0.405. The average Bonchev–Trinajstić information content (AvgIpc) is 2.30. The second kappa shape index (κ2) is 6.64. The minimum atomic E-state index is -5.95. The van der Waals surface area contributed by atoms with E-state index in [4.69, 9.17) is 0 Å². The van der Waals surface area contributed by atoms with Gasteiger partial charge in [-0.2, -0.15) is 26.3 Å². The Balaban J connectivity index is 5.33. The molecular formula is C12H17F9. The molecule has 0 amide bonds. The van der Waals surface area contributed by atoms with Crippen LogP contribution in [0.15, 0.2) is 0 Å². The van der Waals surface area contributed by atoms with Gasteiger partial charge in [0.1, 0.15) is 0 Å². The van der Waals surface area contributed by atoms with Gasteiger partial charge in [0.05, 0.1) is 0 Å². The lowest BCUT2D eigenvalue weighted by atomic mass is 9.83. The Morgan fingerprint density at radius 3 is 1.57 bits per heavy atom. The minimum Gasteiger partial charge on any atom is -0.240 e. The smallest absolute Gasteiger partial charge is 0.240 e. The van der Waals surface area contributed by atoms with Crippen LogP contribution in [0.25, 0.3) is 0 Å². The van der Waals surface area contributed by atoms with Crippen molar-refractivity contribution < 1.29 is 39.5 Å². The van der Waals surface area contributed by atoms with Gasteiger partial charge in [-0.1, -0.05) is 26.2 Å². The maximum absolute atomic E-state index is 13.9. The third-order valence-electron chi connectivity index (χ3n) is 3.30. The average molecular weight is 332 g/mol. The third-order valence-corrected chi connectivity index (χ3v) is 3.30. The molecule has 128 valence electrons. The van der Waals surface area contributed by atoms with Gasteiger partial charge in [0, 0.05) is 0 Å². The minimum absolute atomic E-state index is 0.0833. The van der Waals surface area contributed by atoms with Crippen LogP contribution in [0.5, 0.6) is 0 Å². The van der Waals surface area contributed by atoms with Crippen molar-refractivity contribution in [2.75, 3.05) is 0 Å². The molecule has 9 heteroatoms. The molecule has 0 rings (SSSR count). The predicted octanol–water partition coefficient (Wildman–Crippen LogP) is 5.86. The molecule has 0 aliphatic carbocycles. The maximum Gasteiger partial charge on any atom is 0.425 e. The summed E-state index contributed by atoms with van der Waals surface area (Å²) in [6.07, 6.45) is -17.2. The third kappa shape index (κ3) is 4.42. The highest BCUT2D eigenvalue weighted by molar-refractivity contribution is 5.05. The van der Waals surface area contributed by atoms with Gasteiger partial charge in [-0.25, -0.2) is 13.2 Å². The molecule has 3 unspecified atom stereocenters. The molecule has 0 radical (unpaired) electrons. The second-order valence-corrected chi connectivity index (χ2v) is 5.11. The first-order chi connectivity index (χ1) is 9.22. The van der Waals surface area contributed by atoms with E-state index in [9.17, 15) is 39.5 Å². The standard InChI is InChI=1S/C12H17F9/c1-3-4-5-6-7-10(15,12(19,20)21)8(13)9(2,14)11(16,17)18/h8H,3-7H2,1-2H3. The Hall–Kier alpha value is -0.630. The summed E-state index contributed by atoms with van der Waals surface area (Å²) in [7, 11) is 0. The zero-order valence-corrected chi connectivity index (χ0v) is 11.5. The monoisotopic (exact) mass is 332 g/mol. The van der Waals surface area contributed by atoms with Crippen LogP contribution in [0.4, 0.5) is 39.5 Å². The van der Waals surface area contributed by atoms with Crippen molar-refractivity contribution >= 4 is 0 Å². The molecule has 21 heavy (non-hydrogen) atoms. The molecule has 0 aromatic rings. The molecule has 0 aromatic heterocycles. The Kier molecular flexibility index (Phi) is 6.44. The van der Waals surface area contributed by atoms with Crippen molar-refractivity contribution in [2.24, 2.45) is 0 Å². The lowest BCUT2D eigenvalue weighted by Gasteiger charge is -2.37. The summed E-state index contributed by atoms with van der Waals surface area (Å²) in [5, 5.41) is 0. The topological polar surface area (TPSA) is 0 Å². The fourth-order valence-corrected chi connectivity index (χ4v) is 1.79. The summed E-state index contributed by atoms with van der Waals surface area (Å²) in [6, 6.07) is 0. The van der Waals surface area contributed by atoms with E-state index < -0.39 is 49.6 Å². The Bertz CT molecular complexity index is 318. The number of hydrogen-bond acceptors (Lipinski definition) is 0. The molecule has 3 atom stereocenters. The van der Waals surface area contributed by atoms with E-state index in [0.717, 1.165) is 0 Å². The molecule has 0 spiro atoms. The number of unbranched alkanes of at least 4 members (excludes halogenated alkanes) is 3. The second-order valence-electron chi connectivity index (χ2n) is 5.11. The van der Waals surface area contributed by atoms with E-state index >= 15 is 0 Å². The number of hydrogen-bond donors (Lipinski definition) is 0. The van der Waals surface area contributed by atoms with Gasteiger partial charge in [0.25, 0.3) is 0 Å². The van der Waals surface area contributed by atoms with Gasteiger partial charge in [-0.05, 0) is 19.8 Å². The van der Waals surface area contributed by atoms with Crippen LogP contribution < -0.4 is 0 Å². The molecule has 0 saturated heterocycles. The molecule has 0 heterocycles. The van der Waals surface area contributed by atoms with Crippen LogP contribution in [0.2, 0.25) is 0 Å². The van der Waals surface area contributed by atoms with Crippen molar-refractivity contribution in [3.63, 3.8) is 0 Å². The first-order valence-corrected chi connectivity index (χ1v) is 6.37. The van der Waals surface area contributed by atoms with Crippen LogP contribution in [0.1, 0.15) is 46.0 Å². The largest absolute Gasteiger partial charge is 0.425 e. The Labute approximate surface area is 116 Å². The first-order valence-electron chi connectivity index (χ1n) is 6.37. The molecule has 0 N–H and O–H groups in total. The highest BCUT2D eigenvalue weighted by Crippen LogP contribution is 2.50. The maximum atomic E-state index is 13.9. The zero-order valence-electron chi connectivity index (χ0n) is 11.5.